The highest BCUT2D eigenvalue weighted by Crippen LogP contribution is 2.29. The van der Waals surface area contributed by atoms with Crippen molar-refractivity contribution in [3.05, 3.63) is 35.4 Å². The third-order valence-corrected chi connectivity index (χ3v) is 2.91. The molecule has 0 saturated carbocycles. The van der Waals surface area contributed by atoms with Crippen LogP contribution in [-0.4, -0.2) is 30.9 Å². The standard InChI is InChI=1S/C13H13ClF3NO3/c1-21-12(20)10(14)7-18-11(19)6-8-2-4-9(5-3-8)13(15,16)17/h2-5,10H,6-7H2,1H3,(H,18,19). The van der Waals surface area contributed by atoms with Gasteiger partial charge in [0.05, 0.1) is 19.1 Å². The van der Waals surface area contributed by atoms with Gasteiger partial charge >= 0.3 is 12.1 Å². The maximum Gasteiger partial charge on any atom is 0.416 e. The summed E-state index contributed by atoms with van der Waals surface area (Å²) in [6, 6.07) is 4.25. The van der Waals surface area contributed by atoms with E-state index in [-0.39, 0.29) is 13.0 Å². The minimum Gasteiger partial charge on any atom is -0.468 e. The summed E-state index contributed by atoms with van der Waals surface area (Å²) in [6.07, 6.45) is -4.52. The Kier molecular flexibility index (Phi) is 6.02. The second kappa shape index (κ2) is 7.31. The van der Waals surface area contributed by atoms with E-state index in [0.717, 1.165) is 12.1 Å². The van der Waals surface area contributed by atoms with Gasteiger partial charge in [-0.05, 0) is 17.7 Å². The van der Waals surface area contributed by atoms with Gasteiger partial charge in [0.15, 0.2) is 0 Å². The van der Waals surface area contributed by atoms with E-state index < -0.39 is 29.0 Å². The van der Waals surface area contributed by atoms with Crippen molar-refractivity contribution in [3.8, 4) is 0 Å². The van der Waals surface area contributed by atoms with E-state index in [4.69, 9.17) is 11.6 Å². The predicted molar refractivity (Wildman–Crippen MR) is 69.8 cm³/mol. The van der Waals surface area contributed by atoms with Crippen molar-refractivity contribution in [2.24, 2.45) is 0 Å². The number of hydrogen-bond donors (Lipinski definition) is 1. The van der Waals surface area contributed by atoms with Crippen LogP contribution in [0.25, 0.3) is 0 Å². The molecule has 0 aliphatic heterocycles. The topological polar surface area (TPSA) is 55.4 Å². The molecule has 0 aliphatic rings. The SMILES string of the molecule is COC(=O)C(Cl)CNC(=O)Cc1ccc(C(F)(F)F)cc1. The average Bonchev–Trinajstić information content (AvgIpc) is 2.43. The molecule has 1 atom stereocenters. The summed E-state index contributed by atoms with van der Waals surface area (Å²) in [5.74, 6) is -1.13. The molecule has 0 heterocycles. The van der Waals surface area contributed by atoms with E-state index in [1.807, 2.05) is 0 Å². The number of benzene rings is 1. The van der Waals surface area contributed by atoms with Gasteiger partial charge in [0, 0.05) is 6.54 Å². The second-order valence-electron chi connectivity index (χ2n) is 4.17. The molecule has 1 aromatic rings. The van der Waals surface area contributed by atoms with Gasteiger partial charge in [-0.15, -0.1) is 11.6 Å². The van der Waals surface area contributed by atoms with Crippen molar-refractivity contribution in [2.75, 3.05) is 13.7 Å². The van der Waals surface area contributed by atoms with Gasteiger partial charge in [-0.3, -0.25) is 9.59 Å². The number of rotatable bonds is 5. The Hall–Kier alpha value is -1.76. The molecule has 0 aliphatic carbocycles. The summed E-state index contributed by atoms with van der Waals surface area (Å²) in [4.78, 5) is 22.6. The van der Waals surface area contributed by atoms with Gasteiger partial charge in [-0.1, -0.05) is 12.1 Å². The molecule has 1 unspecified atom stereocenters. The van der Waals surface area contributed by atoms with Crippen molar-refractivity contribution in [2.45, 2.75) is 18.0 Å². The van der Waals surface area contributed by atoms with Crippen LogP contribution in [0.5, 0.6) is 0 Å². The fourth-order valence-corrected chi connectivity index (χ4v) is 1.64. The fraction of sp³-hybridized carbons (Fsp3) is 0.385. The summed E-state index contributed by atoms with van der Waals surface area (Å²) in [5.41, 5.74) is -0.358. The Morgan fingerprint density at radius 1 is 1.29 bits per heavy atom. The Morgan fingerprint density at radius 2 is 1.86 bits per heavy atom. The number of alkyl halides is 4. The van der Waals surface area contributed by atoms with Crippen LogP contribution >= 0.6 is 11.6 Å². The molecule has 1 amide bonds. The van der Waals surface area contributed by atoms with E-state index in [0.29, 0.717) is 5.56 Å². The molecule has 4 nitrogen and oxygen atoms in total. The lowest BCUT2D eigenvalue weighted by Crippen LogP contribution is -2.35. The van der Waals surface area contributed by atoms with Crippen LogP contribution in [0.3, 0.4) is 0 Å². The average molecular weight is 324 g/mol. The molecule has 0 aromatic heterocycles. The number of halogens is 4. The van der Waals surface area contributed by atoms with E-state index in [1.165, 1.54) is 19.2 Å². The van der Waals surface area contributed by atoms with Crippen molar-refractivity contribution in [3.63, 3.8) is 0 Å². The first-order chi connectivity index (χ1) is 9.74. The summed E-state index contributed by atoms with van der Waals surface area (Å²) >= 11 is 5.64. The van der Waals surface area contributed by atoms with Crippen LogP contribution in [0.2, 0.25) is 0 Å². The number of hydrogen-bond acceptors (Lipinski definition) is 3. The monoisotopic (exact) mass is 323 g/mol. The van der Waals surface area contributed by atoms with Crippen molar-refractivity contribution < 1.29 is 27.5 Å². The molecule has 0 spiro atoms. The van der Waals surface area contributed by atoms with Crippen LogP contribution in [0, 0.1) is 0 Å². The lowest BCUT2D eigenvalue weighted by atomic mass is 10.1. The normalized spacial score (nSPS) is 12.6. The van der Waals surface area contributed by atoms with Gasteiger partial charge in [-0.25, -0.2) is 0 Å². The summed E-state index contributed by atoms with van der Waals surface area (Å²) < 4.78 is 41.5. The summed E-state index contributed by atoms with van der Waals surface area (Å²) in [6.45, 7) is -0.117. The van der Waals surface area contributed by atoms with Crippen molar-refractivity contribution in [1.29, 1.82) is 0 Å². The molecule has 116 valence electrons. The fourth-order valence-electron chi connectivity index (χ4n) is 1.47. The minimum atomic E-state index is -4.41. The zero-order valence-electron chi connectivity index (χ0n) is 11.0. The maximum atomic E-state index is 12.4. The Labute approximate surface area is 124 Å². The number of carbonyl (C=O) groups is 2. The lowest BCUT2D eigenvalue weighted by Gasteiger charge is -2.10. The summed E-state index contributed by atoms with van der Waals surface area (Å²) in [7, 11) is 1.17. The zero-order chi connectivity index (χ0) is 16.0. The van der Waals surface area contributed by atoms with Crippen LogP contribution < -0.4 is 5.32 Å². The smallest absolute Gasteiger partial charge is 0.416 e. The Balaban J connectivity index is 2.50. The molecule has 1 rings (SSSR count). The first-order valence-electron chi connectivity index (χ1n) is 5.88. The largest absolute Gasteiger partial charge is 0.468 e. The maximum absolute atomic E-state index is 12.4. The molecule has 1 N–H and O–H groups in total. The van der Waals surface area contributed by atoms with Crippen molar-refractivity contribution in [1.82, 2.24) is 5.32 Å². The molecule has 0 fully saturated rings. The first-order valence-corrected chi connectivity index (χ1v) is 6.32. The number of amides is 1. The van der Waals surface area contributed by atoms with Gasteiger partial charge < -0.3 is 10.1 Å². The van der Waals surface area contributed by atoms with Gasteiger partial charge in [0.25, 0.3) is 0 Å². The van der Waals surface area contributed by atoms with Crippen LogP contribution in [0.4, 0.5) is 13.2 Å². The molecule has 0 bridgehead atoms. The van der Waals surface area contributed by atoms with Crippen LogP contribution in [0.15, 0.2) is 24.3 Å². The van der Waals surface area contributed by atoms with Gasteiger partial charge in [0.2, 0.25) is 5.91 Å². The number of ether oxygens (including phenoxy) is 1. The van der Waals surface area contributed by atoms with Crippen LogP contribution in [-0.2, 0) is 26.9 Å². The molecular formula is C13H13ClF3NO3. The van der Waals surface area contributed by atoms with E-state index in [9.17, 15) is 22.8 Å². The number of carbonyl (C=O) groups excluding carboxylic acids is 2. The van der Waals surface area contributed by atoms with Gasteiger partial charge in [-0.2, -0.15) is 13.2 Å². The second-order valence-corrected chi connectivity index (χ2v) is 4.69. The zero-order valence-corrected chi connectivity index (χ0v) is 11.8. The Bertz CT molecular complexity index is 502. The summed E-state index contributed by atoms with van der Waals surface area (Å²) in [5, 5.41) is 1.39. The lowest BCUT2D eigenvalue weighted by molar-refractivity contribution is -0.140. The predicted octanol–water partition coefficient (Wildman–Crippen LogP) is 2.14. The van der Waals surface area contributed by atoms with Crippen LogP contribution in [0.1, 0.15) is 11.1 Å². The van der Waals surface area contributed by atoms with Crippen molar-refractivity contribution >= 4 is 23.5 Å². The molecule has 0 radical (unpaired) electrons. The number of esters is 1. The third-order valence-electron chi connectivity index (χ3n) is 2.58. The molecule has 1 aromatic carbocycles. The molecule has 21 heavy (non-hydrogen) atoms. The number of nitrogens with one attached hydrogen (secondary N) is 1. The van der Waals surface area contributed by atoms with E-state index in [1.54, 1.807) is 0 Å². The highest BCUT2D eigenvalue weighted by atomic mass is 35.5. The number of methoxy groups -OCH3 is 1. The molecule has 8 heteroatoms. The molecular weight excluding hydrogens is 311 g/mol. The van der Waals surface area contributed by atoms with E-state index in [2.05, 4.69) is 10.1 Å². The highest BCUT2D eigenvalue weighted by molar-refractivity contribution is 6.30. The quantitative estimate of drug-likeness (QED) is 0.667. The first kappa shape index (κ1) is 17.3. The molecule has 0 saturated heterocycles. The Morgan fingerprint density at radius 3 is 2.33 bits per heavy atom. The highest BCUT2D eigenvalue weighted by Gasteiger charge is 2.29. The van der Waals surface area contributed by atoms with Gasteiger partial charge in [0.1, 0.15) is 5.38 Å². The third kappa shape index (κ3) is 5.63. The van der Waals surface area contributed by atoms with E-state index >= 15 is 0 Å². The minimum absolute atomic E-state index is 0.108.